The lowest BCUT2D eigenvalue weighted by Crippen LogP contribution is -2.47. The molecule has 23 heavy (non-hydrogen) atoms. The van der Waals surface area contributed by atoms with E-state index in [0.717, 1.165) is 18.9 Å². The largest absolute Gasteiger partial charge is 0.481 e. The Morgan fingerprint density at radius 3 is 2.52 bits per heavy atom. The van der Waals surface area contributed by atoms with Gasteiger partial charge in [0.1, 0.15) is 10.3 Å². The van der Waals surface area contributed by atoms with E-state index in [9.17, 15) is 24.1 Å². The number of amides is 1. The van der Waals surface area contributed by atoms with Crippen LogP contribution in [0.2, 0.25) is 0 Å². The minimum atomic E-state index is -1.04. The Labute approximate surface area is 139 Å². The first-order chi connectivity index (χ1) is 10.7. The number of aliphatic carboxylic acids is 1. The summed E-state index contributed by atoms with van der Waals surface area (Å²) in [5, 5.41) is 22.6. The minimum absolute atomic E-state index is 0.134. The van der Waals surface area contributed by atoms with Crippen molar-refractivity contribution in [2.45, 2.75) is 37.6 Å². The molecule has 0 aliphatic heterocycles. The van der Waals surface area contributed by atoms with Gasteiger partial charge in [0, 0.05) is 0 Å². The standard InChI is InChI=1S/C14H14BrFN2O5/c15-12-9(5-8(16)6-10(12)18(22)23)13(21)17-14(7-11(19)20)3-1-2-4-14/h5-6H,1-4,7H2,(H,17,21)(H,19,20). The maximum absolute atomic E-state index is 13.5. The number of rotatable bonds is 5. The zero-order chi connectivity index (χ0) is 17.2. The van der Waals surface area contributed by atoms with Gasteiger partial charge in [0.25, 0.3) is 11.6 Å². The molecule has 1 saturated carbocycles. The van der Waals surface area contributed by atoms with Gasteiger partial charge in [0.05, 0.1) is 28.5 Å². The number of carbonyl (C=O) groups excluding carboxylic acids is 1. The first-order valence-electron chi connectivity index (χ1n) is 6.92. The normalized spacial score (nSPS) is 16.1. The molecule has 0 aromatic heterocycles. The Kier molecular flexibility index (Phi) is 4.98. The summed E-state index contributed by atoms with van der Waals surface area (Å²) in [7, 11) is 0. The molecule has 0 saturated heterocycles. The van der Waals surface area contributed by atoms with Crippen molar-refractivity contribution in [3.8, 4) is 0 Å². The average Bonchev–Trinajstić information content (AvgIpc) is 2.87. The van der Waals surface area contributed by atoms with Gasteiger partial charge >= 0.3 is 5.97 Å². The van der Waals surface area contributed by atoms with Crippen molar-refractivity contribution in [2.75, 3.05) is 0 Å². The Bertz CT molecular complexity index is 673. The Balaban J connectivity index is 2.33. The summed E-state index contributed by atoms with van der Waals surface area (Å²) in [6.07, 6.45) is 2.31. The summed E-state index contributed by atoms with van der Waals surface area (Å²) in [5.74, 6) is -2.69. The second-order valence-corrected chi connectivity index (χ2v) is 6.35. The number of carboxylic acids is 1. The number of nitrogens with one attached hydrogen (secondary N) is 1. The van der Waals surface area contributed by atoms with Crippen LogP contribution in [0, 0.1) is 15.9 Å². The third-order valence-electron chi connectivity index (χ3n) is 3.89. The van der Waals surface area contributed by atoms with Crippen LogP contribution < -0.4 is 5.32 Å². The number of carbonyl (C=O) groups is 2. The molecule has 7 nitrogen and oxygen atoms in total. The first kappa shape index (κ1) is 17.3. The van der Waals surface area contributed by atoms with E-state index in [4.69, 9.17) is 5.11 Å². The number of benzene rings is 1. The molecule has 1 aromatic carbocycles. The summed E-state index contributed by atoms with van der Waals surface area (Å²) >= 11 is 2.95. The molecule has 0 spiro atoms. The zero-order valence-electron chi connectivity index (χ0n) is 12.0. The lowest BCUT2D eigenvalue weighted by atomic mass is 9.92. The second kappa shape index (κ2) is 6.61. The van der Waals surface area contributed by atoms with E-state index in [1.807, 2.05) is 0 Å². The predicted molar refractivity (Wildman–Crippen MR) is 81.7 cm³/mol. The lowest BCUT2D eigenvalue weighted by molar-refractivity contribution is -0.385. The van der Waals surface area contributed by atoms with Gasteiger partial charge in [0.15, 0.2) is 0 Å². The number of carboxylic acid groups (broad SMARTS) is 1. The van der Waals surface area contributed by atoms with Crippen LogP contribution >= 0.6 is 15.9 Å². The number of nitro groups is 1. The van der Waals surface area contributed by atoms with Crippen molar-refractivity contribution in [3.63, 3.8) is 0 Å². The highest BCUT2D eigenvalue weighted by molar-refractivity contribution is 9.10. The van der Waals surface area contributed by atoms with Gasteiger partial charge in [-0.1, -0.05) is 12.8 Å². The highest BCUT2D eigenvalue weighted by Gasteiger charge is 2.38. The molecule has 0 bridgehead atoms. The average molecular weight is 389 g/mol. The van der Waals surface area contributed by atoms with Crippen molar-refractivity contribution in [1.82, 2.24) is 5.32 Å². The van der Waals surface area contributed by atoms with Gasteiger partial charge in [-0.2, -0.15) is 0 Å². The van der Waals surface area contributed by atoms with E-state index < -0.39 is 33.8 Å². The van der Waals surface area contributed by atoms with Crippen molar-refractivity contribution >= 4 is 33.5 Å². The molecule has 0 unspecified atom stereocenters. The molecule has 1 aliphatic rings. The van der Waals surface area contributed by atoms with E-state index >= 15 is 0 Å². The van der Waals surface area contributed by atoms with Crippen molar-refractivity contribution in [3.05, 3.63) is 38.1 Å². The molecule has 124 valence electrons. The Morgan fingerprint density at radius 2 is 2.00 bits per heavy atom. The quantitative estimate of drug-likeness (QED) is 0.594. The van der Waals surface area contributed by atoms with E-state index in [2.05, 4.69) is 21.2 Å². The predicted octanol–water partition coefficient (Wildman–Crippen LogP) is 3.01. The van der Waals surface area contributed by atoms with Crippen molar-refractivity contribution in [1.29, 1.82) is 0 Å². The fourth-order valence-electron chi connectivity index (χ4n) is 2.87. The van der Waals surface area contributed by atoms with Crippen LogP contribution in [-0.4, -0.2) is 27.4 Å². The maximum Gasteiger partial charge on any atom is 0.305 e. The van der Waals surface area contributed by atoms with Crippen LogP contribution in [0.1, 0.15) is 42.5 Å². The molecule has 1 fully saturated rings. The second-order valence-electron chi connectivity index (χ2n) is 5.56. The molecule has 2 rings (SSSR count). The SMILES string of the molecule is O=C(O)CC1(NC(=O)c2cc(F)cc([N+](=O)[O-])c2Br)CCCC1. The zero-order valence-corrected chi connectivity index (χ0v) is 13.6. The molecule has 1 aliphatic carbocycles. The maximum atomic E-state index is 13.5. The molecular weight excluding hydrogens is 375 g/mol. The lowest BCUT2D eigenvalue weighted by Gasteiger charge is -2.28. The third kappa shape index (κ3) is 3.84. The van der Waals surface area contributed by atoms with Crippen molar-refractivity contribution in [2.24, 2.45) is 0 Å². The summed E-state index contributed by atoms with van der Waals surface area (Å²) in [6, 6.07) is 1.60. The summed E-state index contributed by atoms with van der Waals surface area (Å²) in [5.41, 5.74) is -1.69. The summed E-state index contributed by atoms with van der Waals surface area (Å²) in [4.78, 5) is 33.5. The van der Waals surface area contributed by atoms with Crippen LogP contribution in [0.5, 0.6) is 0 Å². The van der Waals surface area contributed by atoms with E-state index in [1.165, 1.54) is 0 Å². The first-order valence-corrected chi connectivity index (χ1v) is 7.71. The fourth-order valence-corrected chi connectivity index (χ4v) is 3.42. The van der Waals surface area contributed by atoms with Crippen LogP contribution in [-0.2, 0) is 4.79 Å². The monoisotopic (exact) mass is 388 g/mol. The number of hydrogen-bond donors (Lipinski definition) is 2. The molecular formula is C14H14BrFN2O5. The van der Waals surface area contributed by atoms with E-state index in [1.54, 1.807) is 0 Å². The molecule has 0 atom stereocenters. The van der Waals surface area contributed by atoms with Gasteiger partial charge in [-0.25, -0.2) is 4.39 Å². The van der Waals surface area contributed by atoms with Crippen LogP contribution in [0.25, 0.3) is 0 Å². The minimum Gasteiger partial charge on any atom is -0.481 e. The van der Waals surface area contributed by atoms with Crippen LogP contribution in [0.3, 0.4) is 0 Å². The molecule has 1 amide bonds. The Hall–Kier alpha value is -2.03. The number of nitrogens with zero attached hydrogens (tertiary/aromatic N) is 1. The molecule has 1 aromatic rings. The number of nitro benzene ring substituents is 1. The molecule has 2 N–H and O–H groups in total. The van der Waals surface area contributed by atoms with Crippen LogP contribution in [0.15, 0.2) is 16.6 Å². The van der Waals surface area contributed by atoms with Crippen LogP contribution in [0.4, 0.5) is 10.1 Å². The summed E-state index contributed by atoms with van der Waals surface area (Å²) in [6.45, 7) is 0. The molecule has 0 radical (unpaired) electrons. The fraction of sp³-hybridized carbons (Fsp3) is 0.429. The van der Waals surface area contributed by atoms with Gasteiger partial charge in [-0.05, 0) is 34.8 Å². The van der Waals surface area contributed by atoms with Gasteiger partial charge < -0.3 is 10.4 Å². The molecule has 0 heterocycles. The summed E-state index contributed by atoms with van der Waals surface area (Å²) < 4.78 is 13.4. The van der Waals surface area contributed by atoms with Crippen molar-refractivity contribution < 1.29 is 24.0 Å². The number of hydrogen-bond acceptors (Lipinski definition) is 4. The van der Waals surface area contributed by atoms with Gasteiger partial charge in [-0.15, -0.1) is 0 Å². The molecule has 9 heteroatoms. The highest BCUT2D eigenvalue weighted by Crippen LogP contribution is 2.34. The Morgan fingerprint density at radius 1 is 1.39 bits per heavy atom. The highest BCUT2D eigenvalue weighted by atomic mass is 79.9. The van der Waals surface area contributed by atoms with E-state index in [-0.39, 0.29) is 16.5 Å². The van der Waals surface area contributed by atoms with Gasteiger partial charge in [0.2, 0.25) is 0 Å². The smallest absolute Gasteiger partial charge is 0.305 e. The van der Waals surface area contributed by atoms with Gasteiger partial charge in [-0.3, -0.25) is 19.7 Å². The number of halogens is 2. The topological polar surface area (TPSA) is 110 Å². The van der Waals surface area contributed by atoms with E-state index in [0.29, 0.717) is 18.9 Å². The third-order valence-corrected chi connectivity index (χ3v) is 4.72.